The monoisotopic (exact) mass is 229 g/mol. The van der Waals surface area contributed by atoms with Crippen molar-refractivity contribution in [1.82, 2.24) is 0 Å². The zero-order chi connectivity index (χ0) is 12.7. The molecular weight excluding hydrogens is 210 g/mol. The SMILES string of the molecule is CCOC(=O)CC(C)=N[C@H](C(=O)O)C(C)C. The number of nitrogens with zero attached hydrogens (tertiary/aromatic N) is 1. The Morgan fingerprint density at radius 2 is 1.94 bits per heavy atom. The van der Waals surface area contributed by atoms with Gasteiger partial charge in [-0.3, -0.25) is 9.79 Å². The van der Waals surface area contributed by atoms with E-state index in [4.69, 9.17) is 9.84 Å². The average molecular weight is 229 g/mol. The van der Waals surface area contributed by atoms with Crippen molar-refractivity contribution >= 4 is 17.7 Å². The summed E-state index contributed by atoms with van der Waals surface area (Å²) in [7, 11) is 0. The smallest absolute Gasteiger partial charge is 0.328 e. The van der Waals surface area contributed by atoms with Gasteiger partial charge in [0.15, 0.2) is 0 Å². The van der Waals surface area contributed by atoms with Gasteiger partial charge in [-0.2, -0.15) is 0 Å². The van der Waals surface area contributed by atoms with E-state index in [2.05, 4.69) is 4.99 Å². The predicted molar refractivity (Wildman–Crippen MR) is 60.6 cm³/mol. The second kappa shape index (κ2) is 6.98. The van der Waals surface area contributed by atoms with Crippen molar-refractivity contribution in [3.63, 3.8) is 0 Å². The second-order valence-corrected chi connectivity index (χ2v) is 3.87. The van der Waals surface area contributed by atoms with Gasteiger partial charge in [-0.25, -0.2) is 4.79 Å². The molecule has 0 rings (SSSR count). The van der Waals surface area contributed by atoms with Crippen LogP contribution in [0.1, 0.15) is 34.1 Å². The first-order valence-electron chi connectivity index (χ1n) is 5.30. The lowest BCUT2D eigenvalue weighted by atomic mass is 10.1. The van der Waals surface area contributed by atoms with Gasteiger partial charge in [-0.15, -0.1) is 0 Å². The van der Waals surface area contributed by atoms with Crippen molar-refractivity contribution in [3.05, 3.63) is 0 Å². The molecule has 0 saturated heterocycles. The third-order valence-electron chi connectivity index (χ3n) is 1.95. The van der Waals surface area contributed by atoms with Crippen molar-refractivity contribution in [2.45, 2.75) is 40.2 Å². The summed E-state index contributed by atoms with van der Waals surface area (Å²) in [5.41, 5.74) is 0.486. The summed E-state index contributed by atoms with van der Waals surface area (Å²) in [6.45, 7) is 7.23. The first kappa shape index (κ1) is 14.6. The Kier molecular flexibility index (Phi) is 6.37. The molecule has 0 aliphatic rings. The average Bonchev–Trinajstić information content (AvgIpc) is 2.13. The molecule has 0 fully saturated rings. The van der Waals surface area contributed by atoms with Crippen LogP contribution in [0.2, 0.25) is 0 Å². The van der Waals surface area contributed by atoms with E-state index in [0.717, 1.165) is 0 Å². The Bertz CT molecular complexity index is 284. The topological polar surface area (TPSA) is 76.0 Å². The molecule has 0 aromatic heterocycles. The highest BCUT2D eigenvalue weighted by Gasteiger charge is 2.20. The molecule has 0 aromatic carbocycles. The van der Waals surface area contributed by atoms with E-state index >= 15 is 0 Å². The van der Waals surface area contributed by atoms with E-state index in [0.29, 0.717) is 12.3 Å². The number of aliphatic imine (C=N–C) groups is 1. The van der Waals surface area contributed by atoms with E-state index in [1.807, 2.05) is 0 Å². The molecule has 0 aromatic rings. The van der Waals surface area contributed by atoms with Crippen molar-refractivity contribution in [1.29, 1.82) is 0 Å². The molecule has 0 bridgehead atoms. The van der Waals surface area contributed by atoms with Crippen LogP contribution in [-0.2, 0) is 14.3 Å². The van der Waals surface area contributed by atoms with Crippen LogP contribution in [0.5, 0.6) is 0 Å². The zero-order valence-corrected chi connectivity index (χ0v) is 10.2. The number of rotatable bonds is 6. The van der Waals surface area contributed by atoms with Crippen molar-refractivity contribution in [2.24, 2.45) is 10.9 Å². The van der Waals surface area contributed by atoms with Gasteiger partial charge in [-0.1, -0.05) is 13.8 Å². The quantitative estimate of drug-likeness (QED) is 0.553. The first-order chi connectivity index (χ1) is 7.38. The maximum atomic E-state index is 11.1. The normalized spacial score (nSPS) is 13.7. The van der Waals surface area contributed by atoms with Crippen LogP contribution in [0.4, 0.5) is 0 Å². The Balaban J connectivity index is 4.49. The number of esters is 1. The fourth-order valence-electron chi connectivity index (χ4n) is 1.19. The maximum Gasteiger partial charge on any atom is 0.328 e. The number of ether oxygens (including phenoxy) is 1. The predicted octanol–water partition coefficient (Wildman–Crippen LogP) is 1.51. The van der Waals surface area contributed by atoms with Crippen LogP contribution in [0.3, 0.4) is 0 Å². The lowest BCUT2D eigenvalue weighted by molar-refractivity contribution is -0.142. The number of hydrogen-bond acceptors (Lipinski definition) is 4. The highest BCUT2D eigenvalue weighted by atomic mass is 16.5. The van der Waals surface area contributed by atoms with Gasteiger partial charge >= 0.3 is 11.9 Å². The molecule has 5 nitrogen and oxygen atoms in total. The molecule has 0 aliphatic heterocycles. The van der Waals surface area contributed by atoms with Gasteiger partial charge in [-0.05, 0) is 19.8 Å². The summed E-state index contributed by atoms with van der Waals surface area (Å²) in [6, 6.07) is -0.797. The van der Waals surface area contributed by atoms with Crippen molar-refractivity contribution in [2.75, 3.05) is 6.61 Å². The van der Waals surface area contributed by atoms with E-state index in [1.54, 1.807) is 27.7 Å². The summed E-state index contributed by atoms with van der Waals surface area (Å²) >= 11 is 0. The number of carbonyl (C=O) groups is 2. The fourth-order valence-corrected chi connectivity index (χ4v) is 1.19. The van der Waals surface area contributed by atoms with Gasteiger partial charge in [0.2, 0.25) is 0 Å². The minimum atomic E-state index is -0.974. The van der Waals surface area contributed by atoms with Crippen molar-refractivity contribution < 1.29 is 19.4 Å². The van der Waals surface area contributed by atoms with Gasteiger partial charge < -0.3 is 9.84 Å². The van der Waals surface area contributed by atoms with Crippen LogP contribution in [-0.4, -0.2) is 35.4 Å². The van der Waals surface area contributed by atoms with Crippen LogP contribution in [0.15, 0.2) is 4.99 Å². The largest absolute Gasteiger partial charge is 0.480 e. The third kappa shape index (κ3) is 5.48. The molecule has 0 heterocycles. The lowest BCUT2D eigenvalue weighted by Gasteiger charge is -2.12. The standard InChI is InChI=1S/C11H19NO4/c1-5-16-9(13)6-8(4)12-10(7(2)3)11(14)15/h7,10H,5-6H2,1-4H3,(H,14,15)/t10-/m0/s1. The molecule has 0 amide bonds. The Hall–Kier alpha value is -1.39. The molecule has 1 atom stereocenters. The second-order valence-electron chi connectivity index (χ2n) is 3.87. The summed E-state index contributed by atoms with van der Waals surface area (Å²) in [5, 5.41) is 8.91. The first-order valence-corrected chi connectivity index (χ1v) is 5.30. The molecule has 0 radical (unpaired) electrons. The minimum absolute atomic E-state index is 0.0460. The number of hydrogen-bond donors (Lipinski definition) is 1. The number of carboxylic acid groups (broad SMARTS) is 1. The lowest BCUT2D eigenvalue weighted by Crippen LogP contribution is -2.25. The minimum Gasteiger partial charge on any atom is -0.480 e. The van der Waals surface area contributed by atoms with Gasteiger partial charge in [0.25, 0.3) is 0 Å². The molecule has 0 saturated carbocycles. The van der Waals surface area contributed by atoms with E-state index in [1.165, 1.54) is 0 Å². The fraction of sp³-hybridized carbons (Fsp3) is 0.727. The van der Waals surface area contributed by atoms with E-state index < -0.39 is 12.0 Å². The highest BCUT2D eigenvalue weighted by molar-refractivity contribution is 5.98. The molecule has 1 N–H and O–H groups in total. The van der Waals surface area contributed by atoms with Gasteiger partial charge in [0, 0.05) is 5.71 Å². The number of carbonyl (C=O) groups excluding carboxylic acids is 1. The van der Waals surface area contributed by atoms with Crippen LogP contribution < -0.4 is 0 Å². The molecule has 0 aliphatic carbocycles. The molecule has 0 unspecified atom stereocenters. The summed E-state index contributed by atoms with van der Waals surface area (Å²) < 4.78 is 4.75. The molecule has 5 heteroatoms. The van der Waals surface area contributed by atoms with Gasteiger partial charge in [0.05, 0.1) is 13.0 Å². The Labute approximate surface area is 95.5 Å². The molecule has 0 spiro atoms. The summed E-state index contributed by atoms with van der Waals surface area (Å²) in [5.74, 6) is -1.45. The summed E-state index contributed by atoms with van der Waals surface area (Å²) in [4.78, 5) is 26.0. The van der Waals surface area contributed by atoms with Crippen LogP contribution >= 0.6 is 0 Å². The Morgan fingerprint density at radius 1 is 1.38 bits per heavy atom. The van der Waals surface area contributed by atoms with Gasteiger partial charge in [0.1, 0.15) is 6.04 Å². The van der Waals surface area contributed by atoms with Crippen LogP contribution in [0.25, 0.3) is 0 Å². The maximum absolute atomic E-state index is 11.1. The Morgan fingerprint density at radius 3 is 2.31 bits per heavy atom. The number of aliphatic carboxylic acids is 1. The van der Waals surface area contributed by atoms with Crippen LogP contribution in [0, 0.1) is 5.92 Å². The third-order valence-corrected chi connectivity index (χ3v) is 1.95. The molecular formula is C11H19NO4. The molecule has 16 heavy (non-hydrogen) atoms. The molecule has 92 valence electrons. The number of carboxylic acids is 1. The highest BCUT2D eigenvalue weighted by Crippen LogP contribution is 2.08. The summed E-state index contributed by atoms with van der Waals surface area (Å²) in [6.07, 6.45) is 0.0460. The van der Waals surface area contributed by atoms with E-state index in [-0.39, 0.29) is 18.3 Å². The van der Waals surface area contributed by atoms with E-state index in [9.17, 15) is 9.59 Å². The zero-order valence-electron chi connectivity index (χ0n) is 10.2. The van der Waals surface area contributed by atoms with Crippen molar-refractivity contribution in [3.8, 4) is 0 Å².